The molecule has 1 heterocycles. The van der Waals surface area contributed by atoms with Gasteiger partial charge in [0, 0.05) is 16.6 Å². The minimum atomic E-state index is 0.858. The lowest BCUT2D eigenvalue weighted by atomic mass is 9.87. The molecule has 2 heteroatoms. The summed E-state index contributed by atoms with van der Waals surface area (Å²) in [5.74, 6) is 0. The molecule has 0 amide bonds. The van der Waals surface area contributed by atoms with Crippen LogP contribution in [-0.4, -0.2) is 0 Å². The summed E-state index contributed by atoms with van der Waals surface area (Å²) in [7, 11) is 0. The van der Waals surface area contributed by atoms with Crippen LogP contribution in [0.15, 0.2) is 217 Å². The van der Waals surface area contributed by atoms with E-state index in [1.165, 1.54) is 38.6 Å². The van der Waals surface area contributed by atoms with Crippen LogP contribution in [0.4, 0.5) is 17.1 Å². The highest BCUT2D eigenvalue weighted by molar-refractivity contribution is 6.14. The van der Waals surface area contributed by atoms with E-state index in [4.69, 9.17) is 4.42 Å². The van der Waals surface area contributed by atoms with Crippen LogP contribution in [-0.2, 0) is 0 Å². The normalized spacial score (nSPS) is 11.3. The molecule has 10 aromatic rings. The molecule has 2 nitrogen and oxygen atoms in total. The fraction of sp³-hybridized carbons (Fsp3) is 0. The van der Waals surface area contributed by atoms with Gasteiger partial charge >= 0.3 is 0 Å². The fourth-order valence-electron chi connectivity index (χ4n) is 8.06. The van der Waals surface area contributed by atoms with Gasteiger partial charge in [-0.25, -0.2) is 0 Å². The van der Waals surface area contributed by atoms with Crippen LogP contribution in [0.1, 0.15) is 0 Å². The van der Waals surface area contributed by atoms with Gasteiger partial charge in [-0.15, -0.1) is 0 Å². The lowest BCUT2D eigenvalue weighted by Crippen LogP contribution is -2.12. The minimum Gasteiger partial charge on any atom is -0.456 e. The molecular formula is C52H35NO. The summed E-state index contributed by atoms with van der Waals surface area (Å²) < 4.78 is 6.49. The predicted molar refractivity (Wildman–Crippen MR) is 228 cm³/mol. The zero-order valence-electron chi connectivity index (χ0n) is 29.6. The molecule has 0 saturated carbocycles. The Kier molecular flexibility index (Phi) is 7.85. The van der Waals surface area contributed by atoms with Crippen molar-refractivity contribution in [2.45, 2.75) is 0 Å². The third-order valence-electron chi connectivity index (χ3n) is 10.5. The number of nitrogens with zero attached hydrogens (tertiary/aromatic N) is 1. The summed E-state index contributed by atoms with van der Waals surface area (Å²) in [4.78, 5) is 2.43. The number of rotatable bonds is 7. The largest absolute Gasteiger partial charge is 0.456 e. The van der Waals surface area contributed by atoms with E-state index in [0.29, 0.717) is 0 Å². The number of hydrogen-bond donors (Lipinski definition) is 0. The summed E-state index contributed by atoms with van der Waals surface area (Å²) in [6.07, 6.45) is 0. The van der Waals surface area contributed by atoms with Crippen LogP contribution < -0.4 is 4.90 Å². The first-order chi connectivity index (χ1) is 26.8. The van der Waals surface area contributed by atoms with Crippen molar-refractivity contribution in [1.29, 1.82) is 0 Å². The molecule has 0 radical (unpaired) electrons. The number of hydrogen-bond acceptors (Lipinski definition) is 2. The molecule has 254 valence electrons. The Labute approximate surface area is 314 Å². The molecule has 10 rings (SSSR count). The number of para-hydroxylation sites is 1. The SMILES string of the molecule is c1ccc(-c2ccccc2-c2c(-c3ccccc3)cccc2N(c2ccc(-c3cccc4ccccc34)cc2)c2cccc3oc4ccccc4c23)cc1. The van der Waals surface area contributed by atoms with E-state index in [0.717, 1.165) is 55.7 Å². The van der Waals surface area contributed by atoms with E-state index >= 15 is 0 Å². The molecule has 0 unspecified atom stereocenters. The number of furan rings is 1. The zero-order chi connectivity index (χ0) is 35.8. The zero-order valence-corrected chi connectivity index (χ0v) is 29.6. The molecule has 54 heavy (non-hydrogen) atoms. The van der Waals surface area contributed by atoms with Gasteiger partial charge in [0.1, 0.15) is 11.2 Å². The van der Waals surface area contributed by atoms with E-state index in [-0.39, 0.29) is 0 Å². The first kappa shape index (κ1) is 31.6. The van der Waals surface area contributed by atoms with Crippen molar-refractivity contribution in [2.24, 2.45) is 0 Å². The topological polar surface area (TPSA) is 16.4 Å². The summed E-state index contributed by atoms with van der Waals surface area (Å²) in [6, 6.07) is 75.9. The highest BCUT2D eigenvalue weighted by Gasteiger charge is 2.25. The Hall–Kier alpha value is -7.16. The average molecular weight is 690 g/mol. The lowest BCUT2D eigenvalue weighted by molar-refractivity contribution is 0.669. The van der Waals surface area contributed by atoms with E-state index in [2.05, 4.69) is 211 Å². The molecular weight excluding hydrogens is 655 g/mol. The van der Waals surface area contributed by atoms with Crippen molar-refractivity contribution >= 4 is 49.8 Å². The van der Waals surface area contributed by atoms with Crippen LogP contribution in [0.25, 0.3) is 77.2 Å². The van der Waals surface area contributed by atoms with Gasteiger partial charge in [0.05, 0.1) is 16.8 Å². The second-order valence-electron chi connectivity index (χ2n) is 13.6. The molecule has 0 saturated heterocycles. The summed E-state index contributed by atoms with van der Waals surface area (Å²) in [5.41, 5.74) is 14.3. The molecule has 0 bridgehead atoms. The standard InChI is InChI=1S/C52H35NO/c1-3-16-36(17-4-1)43-23-9-10-24-45(43)51-44(38-18-5-2-6-19-38)27-14-28-47(51)53(48-29-15-31-50-52(48)46-25-11-12-30-49(46)54-50)40-34-32-39(33-35-40)42-26-13-21-37-20-7-8-22-41(37)42/h1-35H. The molecule has 1 aromatic heterocycles. The Morgan fingerprint density at radius 3 is 1.63 bits per heavy atom. The van der Waals surface area contributed by atoms with Crippen LogP contribution in [0.2, 0.25) is 0 Å². The van der Waals surface area contributed by atoms with Crippen molar-refractivity contribution in [3.05, 3.63) is 212 Å². The molecule has 0 aliphatic rings. The number of anilines is 3. The maximum atomic E-state index is 6.49. The van der Waals surface area contributed by atoms with Gasteiger partial charge in [-0.3, -0.25) is 0 Å². The van der Waals surface area contributed by atoms with E-state index in [9.17, 15) is 0 Å². The summed E-state index contributed by atoms with van der Waals surface area (Å²) >= 11 is 0. The maximum Gasteiger partial charge on any atom is 0.137 e. The Morgan fingerprint density at radius 1 is 0.315 bits per heavy atom. The van der Waals surface area contributed by atoms with Gasteiger partial charge in [-0.2, -0.15) is 0 Å². The molecule has 0 N–H and O–H groups in total. The van der Waals surface area contributed by atoms with Crippen LogP contribution in [0.5, 0.6) is 0 Å². The smallest absolute Gasteiger partial charge is 0.137 e. The van der Waals surface area contributed by atoms with Gasteiger partial charge in [0.15, 0.2) is 0 Å². The van der Waals surface area contributed by atoms with Gasteiger partial charge in [-0.05, 0) is 86.1 Å². The quantitative estimate of drug-likeness (QED) is 0.166. The fourth-order valence-corrected chi connectivity index (χ4v) is 8.06. The van der Waals surface area contributed by atoms with E-state index in [1.807, 2.05) is 6.07 Å². The third kappa shape index (κ3) is 5.44. The molecule has 0 fully saturated rings. The Bertz CT molecular complexity index is 2920. The monoisotopic (exact) mass is 689 g/mol. The molecule has 0 aliphatic carbocycles. The van der Waals surface area contributed by atoms with Crippen molar-refractivity contribution in [2.75, 3.05) is 4.90 Å². The van der Waals surface area contributed by atoms with Gasteiger partial charge in [-0.1, -0.05) is 176 Å². The van der Waals surface area contributed by atoms with Crippen molar-refractivity contribution in [3.8, 4) is 44.5 Å². The van der Waals surface area contributed by atoms with Gasteiger partial charge in [0.25, 0.3) is 0 Å². The lowest BCUT2D eigenvalue weighted by Gasteiger charge is -2.30. The van der Waals surface area contributed by atoms with Crippen LogP contribution >= 0.6 is 0 Å². The summed E-state index contributed by atoms with van der Waals surface area (Å²) in [5, 5.41) is 4.65. The highest BCUT2D eigenvalue weighted by atomic mass is 16.3. The first-order valence-electron chi connectivity index (χ1n) is 18.4. The minimum absolute atomic E-state index is 0.858. The second-order valence-corrected chi connectivity index (χ2v) is 13.6. The van der Waals surface area contributed by atoms with E-state index in [1.54, 1.807) is 0 Å². The molecule has 0 atom stereocenters. The highest BCUT2D eigenvalue weighted by Crippen LogP contribution is 2.50. The maximum absolute atomic E-state index is 6.49. The average Bonchev–Trinajstić information content (AvgIpc) is 3.64. The second kappa shape index (κ2) is 13.4. The molecule has 0 spiro atoms. The van der Waals surface area contributed by atoms with E-state index < -0.39 is 0 Å². The van der Waals surface area contributed by atoms with Gasteiger partial charge < -0.3 is 9.32 Å². The molecule has 0 aliphatic heterocycles. The number of fused-ring (bicyclic) bond motifs is 4. The van der Waals surface area contributed by atoms with Crippen molar-refractivity contribution in [1.82, 2.24) is 0 Å². The first-order valence-corrected chi connectivity index (χ1v) is 18.4. The number of benzene rings is 9. The Morgan fingerprint density at radius 2 is 0.833 bits per heavy atom. The third-order valence-corrected chi connectivity index (χ3v) is 10.5. The van der Waals surface area contributed by atoms with Crippen molar-refractivity contribution in [3.63, 3.8) is 0 Å². The Balaban J connectivity index is 1.27. The predicted octanol–water partition coefficient (Wildman–Crippen LogP) is 14.9. The van der Waals surface area contributed by atoms with Crippen molar-refractivity contribution < 1.29 is 4.42 Å². The van der Waals surface area contributed by atoms with Gasteiger partial charge in [0.2, 0.25) is 0 Å². The molecule has 9 aromatic carbocycles. The summed E-state index contributed by atoms with van der Waals surface area (Å²) in [6.45, 7) is 0. The van der Waals surface area contributed by atoms with Crippen LogP contribution in [0.3, 0.4) is 0 Å². The van der Waals surface area contributed by atoms with Crippen LogP contribution in [0, 0.1) is 0 Å².